The maximum atomic E-state index is 11.5. The van der Waals surface area contributed by atoms with Gasteiger partial charge in [-0.15, -0.1) is 0 Å². The summed E-state index contributed by atoms with van der Waals surface area (Å²) in [4.78, 5) is 22.9. The zero-order valence-electron chi connectivity index (χ0n) is 19.4. The molecule has 0 amide bonds. The quantitative estimate of drug-likeness (QED) is 0.506. The summed E-state index contributed by atoms with van der Waals surface area (Å²) in [5.41, 5.74) is 3.03. The number of methoxy groups -OCH3 is 2. The fourth-order valence-electron chi connectivity index (χ4n) is 2.95. The van der Waals surface area contributed by atoms with Crippen LogP contribution in [-0.2, 0) is 26.4 Å². The molecule has 6 nitrogen and oxygen atoms in total. The van der Waals surface area contributed by atoms with Crippen molar-refractivity contribution in [1.29, 1.82) is 0 Å². The number of hydrogen-bond donors (Lipinski definition) is 2. The first-order valence-electron chi connectivity index (χ1n) is 10.6. The second kappa shape index (κ2) is 14.2. The summed E-state index contributed by atoms with van der Waals surface area (Å²) in [6.07, 6.45) is 17.1. The van der Waals surface area contributed by atoms with Crippen LogP contribution < -0.4 is 20.1 Å². The molecule has 0 spiro atoms. The molecule has 2 aromatic carbocycles. The van der Waals surface area contributed by atoms with Gasteiger partial charge in [-0.25, -0.2) is 0 Å². The Bertz CT molecular complexity index is 1130. The first-order valence-corrected chi connectivity index (χ1v) is 10.6. The topological polar surface area (TPSA) is 76.7 Å². The van der Waals surface area contributed by atoms with Crippen LogP contribution in [0.5, 0.6) is 11.5 Å². The molecule has 0 saturated carbocycles. The normalized spacial score (nSPS) is 15.8. The number of carbonyl (C=O) groups is 2. The molecule has 0 fully saturated rings. The van der Waals surface area contributed by atoms with Gasteiger partial charge in [0.1, 0.15) is 11.5 Å². The molecule has 7 heteroatoms. The predicted molar refractivity (Wildman–Crippen MR) is 136 cm³/mol. The number of hydrogen-bond acceptors (Lipinski definition) is 6. The second-order valence-electron chi connectivity index (χ2n) is 7.12. The van der Waals surface area contributed by atoms with Gasteiger partial charge in [0.2, 0.25) is 0 Å². The van der Waals surface area contributed by atoms with Gasteiger partial charge >= 0.3 is 0 Å². The maximum absolute atomic E-state index is 11.5. The molecule has 0 aromatic heterocycles. The molecule has 0 unspecified atom stereocenters. The number of allylic oxidation sites excluding steroid dienone is 10. The Morgan fingerprint density at radius 3 is 1.40 bits per heavy atom. The van der Waals surface area contributed by atoms with Crippen molar-refractivity contribution < 1.29 is 35.8 Å². The summed E-state index contributed by atoms with van der Waals surface area (Å²) >= 11 is 0. The Kier molecular flexibility index (Phi) is 11.1. The van der Waals surface area contributed by atoms with Crippen LogP contribution in [0.25, 0.3) is 0 Å². The minimum atomic E-state index is 0. The van der Waals surface area contributed by atoms with E-state index in [9.17, 15) is 9.59 Å². The Balaban J connectivity index is 0.000000240. The smallest absolute Gasteiger partial charge is 0.187 e. The van der Waals surface area contributed by atoms with E-state index in [0.717, 1.165) is 22.9 Å². The molecule has 181 valence electrons. The van der Waals surface area contributed by atoms with Crippen molar-refractivity contribution >= 4 is 22.9 Å². The average Bonchev–Trinajstić information content (AvgIpc) is 2.88. The molecular formula is C28H26CoN2O4. The van der Waals surface area contributed by atoms with Crippen LogP contribution in [0.3, 0.4) is 0 Å². The van der Waals surface area contributed by atoms with Gasteiger partial charge in [-0.2, -0.15) is 0 Å². The molecule has 2 aliphatic carbocycles. The maximum Gasteiger partial charge on any atom is 0.187 e. The van der Waals surface area contributed by atoms with Gasteiger partial charge in [0, 0.05) is 63.8 Å². The molecule has 0 bridgehead atoms. The Morgan fingerprint density at radius 1 is 0.629 bits per heavy atom. The van der Waals surface area contributed by atoms with Crippen LogP contribution in [0.15, 0.2) is 121 Å². The number of carbonyl (C=O) groups excluding carboxylic acids is 2. The monoisotopic (exact) mass is 513 g/mol. The molecule has 2 aromatic rings. The molecule has 0 saturated heterocycles. The van der Waals surface area contributed by atoms with Gasteiger partial charge in [-0.1, -0.05) is 36.4 Å². The minimum Gasteiger partial charge on any atom is -0.497 e. The van der Waals surface area contributed by atoms with Crippen molar-refractivity contribution in [1.82, 2.24) is 0 Å². The summed E-state index contributed by atoms with van der Waals surface area (Å²) in [7, 11) is 3.24. The molecule has 0 aliphatic heterocycles. The molecule has 0 heterocycles. The van der Waals surface area contributed by atoms with E-state index in [-0.39, 0.29) is 28.3 Å². The van der Waals surface area contributed by atoms with E-state index >= 15 is 0 Å². The second-order valence-corrected chi connectivity index (χ2v) is 7.12. The van der Waals surface area contributed by atoms with Crippen molar-refractivity contribution in [3.63, 3.8) is 0 Å². The predicted octanol–water partition coefficient (Wildman–Crippen LogP) is 5.37. The molecule has 0 atom stereocenters. The summed E-state index contributed by atoms with van der Waals surface area (Å²) < 4.78 is 10.2. The summed E-state index contributed by atoms with van der Waals surface area (Å²) in [5, 5.41) is 6.14. The number of nitrogens with one attached hydrogen (secondary N) is 2. The van der Waals surface area contributed by atoms with Crippen LogP contribution >= 0.6 is 0 Å². The third-order valence-electron chi connectivity index (χ3n) is 4.77. The Hall–Kier alpha value is -4.07. The average molecular weight is 513 g/mol. The van der Waals surface area contributed by atoms with Crippen LogP contribution in [0.2, 0.25) is 0 Å². The fourth-order valence-corrected chi connectivity index (χ4v) is 2.95. The molecule has 35 heavy (non-hydrogen) atoms. The van der Waals surface area contributed by atoms with E-state index in [4.69, 9.17) is 9.47 Å². The fraction of sp³-hybridized carbons (Fsp3) is 0.0714. The van der Waals surface area contributed by atoms with Crippen molar-refractivity contribution in [2.75, 3.05) is 24.9 Å². The Morgan fingerprint density at radius 2 is 1.03 bits per heavy atom. The summed E-state index contributed by atoms with van der Waals surface area (Å²) in [6.45, 7) is 0. The molecule has 1 radical (unpaired) electrons. The van der Waals surface area contributed by atoms with Gasteiger partial charge in [0.05, 0.1) is 14.2 Å². The SMILES string of the molecule is COc1cccc(NC=C2C=CC=CC2=O)c1.COc1cccc(NC=C2C=CC=CC2=O)c1.[Co]. The third kappa shape index (κ3) is 8.66. The third-order valence-corrected chi connectivity index (χ3v) is 4.77. The van der Waals surface area contributed by atoms with E-state index in [1.165, 1.54) is 0 Å². The van der Waals surface area contributed by atoms with Gasteiger partial charge < -0.3 is 20.1 Å². The molecule has 4 rings (SSSR count). The van der Waals surface area contributed by atoms with E-state index in [0.29, 0.717) is 11.1 Å². The Labute approximate surface area is 215 Å². The largest absolute Gasteiger partial charge is 0.497 e. The first-order chi connectivity index (χ1) is 16.6. The number of anilines is 2. The van der Waals surface area contributed by atoms with Crippen LogP contribution in [0, 0.1) is 0 Å². The van der Waals surface area contributed by atoms with Crippen LogP contribution in [0.1, 0.15) is 0 Å². The van der Waals surface area contributed by atoms with E-state index < -0.39 is 0 Å². The number of benzene rings is 2. The first kappa shape index (κ1) is 27.2. The van der Waals surface area contributed by atoms with Gasteiger partial charge in [-0.05, 0) is 48.6 Å². The van der Waals surface area contributed by atoms with E-state index in [2.05, 4.69) is 10.6 Å². The number of ketones is 2. The minimum absolute atomic E-state index is 0. The van der Waals surface area contributed by atoms with E-state index in [1.807, 2.05) is 60.7 Å². The van der Waals surface area contributed by atoms with Gasteiger partial charge in [0.25, 0.3) is 0 Å². The standard InChI is InChI=1S/2C14H13NO2.Co/c2*1-17-13-7-4-6-12(9-13)15-10-11-5-2-3-8-14(11)16;/h2*2-10,15H,1H3;. The van der Waals surface area contributed by atoms with E-state index in [1.54, 1.807) is 63.1 Å². The summed E-state index contributed by atoms with van der Waals surface area (Å²) in [6, 6.07) is 15.1. The van der Waals surface area contributed by atoms with Crippen molar-refractivity contribution in [2.24, 2.45) is 0 Å². The summed E-state index contributed by atoms with van der Waals surface area (Å²) in [5.74, 6) is 1.56. The van der Waals surface area contributed by atoms with Crippen LogP contribution in [0.4, 0.5) is 11.4 Å². The van der Waals surface area contributed by atoms with Gasteiger partial charge in [-0.3, -0.25) is 9.59 Å². The van der Waals surface area contributed by atoms with Gasteiger partial charge in [0.15, 0.2) is 11.6 Å². The zero-order chi connectivity index (χ0) is 24.2. The van der Waals surface area contributed by atoms with Crippen molar-refractivity contribution in [3.05, 3.63) is 121 Å². The van der Waals surface area contributed by atoms with Crippen LogP contribution in [-0.4, -0.2) is 25.8 Å². The van der Waals surface area contributed by atoms with Crippen molar-refractivity contribution in [3.8, 4) is 11.5 Å². The molecular weight excluding hydrogens is 487 g/mol. The zero-order valence-corrected chi connectivity index (χ0v) is 20.4. The molecule has 2 N–H and O–H groups in total. The van der Waals surface area contributed by atoms with Crippen molar-refractivity contribution in [2.45, 2.75) is 0 Å². The molecule has 2 aliphatic rings. The number of ether oxygens (including phenoxy) is 2. The number of rotatable bonds is 6.